The summed E-state index contributed by atoms with van der Waals surface area (Å²) in [4.78, 5) is 0. The first-order chi connectivity index (χ1) is 10.3. The van der Waals surface area contributed by atoms with E-state index in [4.69, 9.17) is 4.74 Å². The molecule has 0 bridgehead atoms. The van der Waals surface area contributed by atoms with E-state index in [9.17, 15) is 0 Å². The monoisotopic (exact) mass is 302 g/mol. The van der Waals surface area contributed by atoms with E-state index in [2.05, 4.69) is 78.0 Å². The van der Waals surface area contributed by atoms with Crippen molar-refractivity contribution >= 4 is 0 Å². The molecule has 0 aromatic heterocycles. The number of unbranched alkanes of at least 4 members (excludes halogenated alkanes) is 1. The average molecular weight is 303 g/mol. The third-order valence-electron chi connectivity index (χ3n) is 4.06. The molecule has 0 saturated heterocycles. The fraction of sp³-hybridized carbons (Fsp3) is 0.619. The molecule has 0 aliphatic heterocycles. The molecule has 0 radical (unpaired) electrons. The lowest BCUT2D eigenvalue weighted by molar-refractivity contribution is -0.0223. The highest BCUT2D eigenvalue weighted by Gasteiger charge is 2.30. The Hall–Kier alpha value is -1.08. The molecule has 0 aliphatic rings. The second-order valence-corrected chi connectivity index (χ2v) is 7.61. The normalized spacial score (nSPS) is 14.5. The van der Waals surface area contributed by atoms with E-state index in [-0.39, 0.29) is 11.5 Å². The molecular weight excluding hydrogens is 268 g/mol. The molecule has 0 heterocycles. The molecule has 1 aromatic carbocycles. The molecule has 0 fully saturated rings. The number of hydrogen-bond acceptors (Lipinski definition) is 1. The zero-order valence-corrected chi connectivity index (χ0v) is 15.4. The fourth-order valence-electron chi connectivity index (χ4n) is 2.82. The van der Waals surface area contributed by atoms with Crippen molar-refractivity contribution in [3.8, 4) is 0 Å². The third-order valence-corrected chi connectivity index (χ3v) is 4.06. The van der Waals surface area contributed by atoms with Gasteiger partial charge in [-0.25, -0.2) is 0 Å². The Bertz CT molecular complexity index is 435. The molecule has 0 N–H and O–H groups in total. The van der Waals surface area contributed by atoms with Gasteiger partial charge in [-0.3, -0.25) is 0 Å². The molecule has 0 unspecified atom stereocenters. The highest BCUT2D eigenvalue weighted by Crippen LogP contribution is 2.34. The third kappa shape index (κ3) is 6.79. The summed E-state index contributed by atoms with van der Waals surface area (Å²) < 4.78 is 6.38. The van der Waals surface area contributed by atoms with E-state index in [0.717, 1.165) is 6.42 Å². The molecule has 1 aromatic rings. The van der Waals surface area contributed by atoms with Crippen LogP contribution in [0, 0.1) is 11.3 Å². The molecule has 0 amide bonds. The van der Waals surface area contributed by atoms with E-state index >= 15 is 0 Å². The largest absolute Gasteiger partial charge is 0.373 e. The standard InChI is InChI=1S/C21H34O/c1-7-8-14-20(19(15-17(2)3)21(4,5)6)22-16-18-12-10-9-11-13-18/h9-13,15,19-20H,7-8,14,16H2,1-6H3/t19-,20-/m0/s1. The molecular formula is C21H34O. The van der Waals surface area contributed by atoms with Crippen molar-refractivity contribution in [1.82, 2.24) is 0 Å². The Morgan fingerprint density at radius 2 is 1.77 bits per heavy atom. The van der Waals surface area contributed by atoms with Gasteiger partial charge >= 0.3 is 0 Å². The van der Waals surface area contributed by atoms with Crippen molar-refractivity contribution in [2.24, 2.45) is 11.3 Å². The van der Waals surface area contributed by atoms with Gasteiger partial charge in [-0.15, -0.1) is 0 Å². The average Bonchev–Trinajstić information content (AvgIpc) is 2.45. The van der Waals surface area contributed by atoms with Crippen molar-refractivity contribution in [1.29, 1.82) is 0 Å². The smallest absolute Gasteiger partial charge is 0.0720 e. The highest BCUT2D eigenvalue weighted by atomic mass is 16.5. The zero-order chi connectivity index (χ0) is 16.6. The number of allylic oxidation sites excluding steroid dienone is 1. The summed E-state index contributed by atoms with van der Waals surface area (Å²) in [5.41, 5.74) is 2.85. The van der Waals surface area contributed by atoms with Gasteiger partial charge in [0, 0.05) is 5.92 Å². The van der Waals surface area contributed by atoms with Crippen LogP contribution in [0.4, 0.5) is 0 Å². The minimum Gasteiger partial charge on any atom is -0.373 e. The first-order valence-corrected chi connectivity index (χ1v) is 8.65. The lowest BCUT2D eigenvalue weighted by atomic mass is 9.75. The summed E-state index contributed by atoms with van der Waals surface area (Å²) in [6.45, 7) is 14.3. The van der Waals surface area contributed by atoms with Crippen molar-refractivity contribution in [3.63, 3.8) is 0 Å². The van der Waals surface area contributed by atoms with Gasteiger partial charge in [0.15, 0.2) is 0 Å². The Morgan fingerprint density at radius 3 is 2.27 bits per heavy atom. The van der Waals surface area contributed by atoms with Crippen LogP contribution in [0.2, 0.25) is 0 Å². The number of benzene rings is 1. The van der Waals surface area contributed by atoms with Crippen LogP contribution in [0.15, 0.2) is 42.0 Å². The quantitative estimate of drug-likeness (QED) is 0.505. The van der Waals surface area contributed by atoms with Crippen LogP contribution in [-0.2, 0) is 11.3 Å². The van der Waals surface area contributed by atoms with Gasteiger partial charge in [-0.2, -0.15) is 0 Å². The van der Waals surface area contributed by atoms with E-state index in [1.54, 1.807) is 0 Å². The van der Waals surface area contributed by atoms with Gasteiger partial charge < -0.3 is 4.74 Å². The van der Waals surface area contributed by atoms with Crippen LogP contribution < -0.4 is 0 Å². The van der Waals surface area contributed by atoms with E-state index in [0.29, 0.717) is 12.5 Å². The first kappa shape index (κ1) is 19.0. The topological polar surface area (TPSA) is 9.23 Å². The predicted octanol–water partition coefficient (Wildman–Crippen LogP) is 6.39. The molecule has 0 spiro atoms. The second-order valence-electron chi connectivity index (χ2n) is 7.61. The van der Waals surface area contributed by atoms with Crippen LogP contribution in [-0.4, -0.2) is 6.10 Å². The van der Waals surface area contributed by atoms with Gasteiger partial charge in [-0.05, 0) is 31.2 Å². The molecule has 0 aliphatic carbocycles. The Balaban J connectivity index is 2.86. The molecule has 1 heteroatoms. The van der Waals surface area contributed by atoms with Crippen molar-refractivity contribution in [3.05, 3.63) is 47.5 Å². The van der Waals surface area contributed by atoms with Crippen molar-refractivity contribution < 1.29 is 4.74 Å². The minimum absolute atomic E-state index is 0.215. The lowest BCUT2D eigenvalue weighted by Gasteiger charge is -2.35. The maximum Gasteiger partial charge on any atom is 0.0720 e. The Labute approximate surface area is 137 Å². The maximum absolute atomic E-state index is 6.38. The van der Waals surface area contributed by atoms with Gasteiger partial charge in [0.1, 0.15) is 0 Å². The van der Waals surface area contributed by atoms with Crippen LogP contribution >= 0.6 is 0 Å². The summed E-state index contributed by atoms with van der Waals surface area (Å²) in [5, 5.41) is 0. The van der Waals surface area contributed by atoms with Crippen molar-refractivity contribution in [2.45, 2.75) is 73.5 Å². The molecule has 22 heavy (non-hydrogen) atoms. The van der Waals surface area contributed by atoms with Crippen LogP contribution in [0.25, 0.3) is 0 Å². The van der Waals surface area contributed by atoms with Gasteiger partial charge in [-0.1, -0.05) is 82.5 Å². The minimum atomic E-state index is 0.215. The number of ether oxygens (including phenoxy) is 1. The second kappa shape index (κ2) is 9.15. The molecule has 0 saturated carbocycles. The van der Waals surface area contributed by atoms with Crippen LogP contribution in [0.3, 0.4) is 0 Å². The van der Waals surface area contributed by atoms with Gasteiger partial charge in [0.2, 0.25) is 0 Å². The molecule has 1 rings (SSSR count). The Kier molecular flexibility index (Phi) is 7.89. The zero-order valence-electron chi connectivity index (χ0n) is 15.4. The van der Waals surface area contributed by atoms with E-state index in [1.165, 1.54) is 24.0 Å². The fourth-order valence-corrected chi connectivity index (χ4v) is 2.82. The Morgan fingerprint density at radius 1 is 1.14 bits per heavy atom. The summed E-state index contributed by atoms with van der Waals surface area (Å²) in [6.07, 6.45) is 6.27. The van der Waals surface area contributed by atoms with E-state index in [1.807, 2.05) is 0 Å². The molecule has 2 atom stereocenters. The lowest BCUT2D eigenvalue weighted by Crippen LogP contribution is -2.33. The number of rotatable bonds is 8. The number of hydrogen-bond donors (Lipinski definition) is 0. The summed E-state index contributed by atoms with van der Waals surface area (Å²) in [7, 11) is 0. The summed E-state index contributed by atoms with van der Waals surface area (Å²) in [5.74, 6) is 0.452. The van der Waals surface area contributed by atoms with Gasteiger partial charge in [0.05, 0.1) is 12.7 Å². The predicted molar refractivity (Wildman–Crippen MR) is 96.9 cm³/mol. The molecule has 1 nitrogen and oxygen atoms in total. The highest BCUT2D eigenvalue weighted by molar-refractivity contribution is 5.13. The van der Waals surface area contributed by atoms with Crippen LogP contribution in [0.1, 0.15) is 66.4 Å². The molecule has 124 valence electrons. The summed E-state index contributed by atoms with van der Waals surface area (Å²) >= 11 is 0. The van der Waals surface area contributed by atoms with E-state index < -0.39 is 0 Å². The van der Waals surface area contributed by atoms with Crippen LogP contribution in [0.5, 0.6) is 0 Å². The maximum atomic E-state index is 6.38. The first-order valence-electron chi connectivity index (χ1n) is 8.65. The summed E-state index contributed by atoms with van der Waals surface area (Å²) in [6, 6.07) is 10.5. The SMILES string of the molecule is CCCC[C@H](OCc1ccccc1)[C@H](C=C(C)C)C(C)(C)C. The van der Waals surface area contributed by atoms with Gasteiger partial charge in [0.25, 0.3) is 0 Å². The van der Waals surface area contributed by atoms with Crippen molar-refractivity contribution in [2.75, 3.05) is 0 Å².